The van der Waals surface area contributed by atoms with E-state index in [9.17, 15) is 0 Å². The van der Waals surface area contributed by atoms with Gasteiger partial charge in [0.1, 0.15) is 0 Å². The second-order valence-corrected chi connectivity index (χ2v) is 8.11. The fourth-order valence-electron chi connectivity index (χ4n) is 3.13. The third-order valence-corrected chi connectivity index (χ3v) is 5.81. The number of nitrogens with one attached hydrogen (secondary N) is 1. The molecule has 0 unspecified atom stereocenters. The standard InChI is InChI=1S/C19H29BN2O2S/c1-18(2)19(3,4)24-20(23-18)16(14-25)12-15-6-5-7-17(13-15)22-10-8-21-9-11-22/h5-7,12-13,21,25H,8-11,14H2,1-4H3. The maximum absolute atomic E-state index is 6.18. The van der Waals surface area contributed by atoms with Gasteiger partial charge in [0, 0.05) is 37.6 Å². The zero-order valence-corrected chi connectivity index (χ0v) is 16.6. The highest BCUT2D eigenvalue weighted by atomic mass is 32.1. The van der Waals surface area contributed by atoms with Gasteiger partial charge in [0.05, 0.1) is 11.2 Å². The van der Waals surface area contributed by atoms with Gasteiger partial charge in [-0.05, 0) is 50.9 Å². The number of nitrogens with zero attached hydrogens (tertiary/aromatic N) is 1. The molecule has 0 atom stereocenters. The zero-order valence-electron chi connectivity index (χ0n) is 15.7. The van der Waals surface area contributed by atoms with E-state index in [4.69, 9.17) is 9.31 Å². The number of piperazine rings is 1. The van der Waals surface area contributed by atoms with E-state index in [0.29, 0.717) is 5.75 Å². The lowest BCUT2D eigenvalue weighted by atomic mass is 9.78. The van der Waals surface area contributed by atoms with Crippen LogP contribution in [0.3, 0.4) is 0 Å². The summed E-state index contributed by atoms with van der Waals surface area (Å²) in [5, 5.41) is 3.40. The summed E-state index contributed by atoms with van der Waals surface area (Å²) in [6.07, 6.45) is 2.15. The van der Waals surface area contributed by atoms with Crippen molar-refractivity contribution in [2.75, 3.05) is 36.8 Å². The highest BCUT2D eigenvalue weighted by molar-refractivity contribution is 7.80. The van der Waals surface area contributed by atoms with E-state index >= 15 is 0 Å². The van der Waals surface area contributed by atoms with Crippen molar-refractivity contribution in [3.05, 3.63) is 35.3 Å². The molecule has 1 aromatic rings. The molecule has 1 aromatic carbocycles. The molecule has 1 N–H and O–H groups in total. The first-order chi connectivity index (χ1) is 11.8. The molecule has 2 aliphatic rings. The van der Waals surface area contributed by atoms with Gasteiger partial charge < -0.3 is 19.5 Å². The molecule has 0 radical (unpaired) electrons. The Morgan fingerprint density at radius 2 is 1.84 bits per heavy atom. The van der Waals surface area contributed by atoms with Gasteiger partial charge in [-0.3, -0.25) is 0 Å². The molecule has 4 nitrogen and oxygen atoms in total. The quantitative estimate of drug-likeness (QED) is 0.639. The van der Waals surface area contributed by atoms with E-state index in [1.807, 2.05) is 0 Å². The minimum Gasteiger partial charge on any atom is -0.400 e. The van der Waals surface area contributed by atoms with Crippen molar-refractivity contribution in [1.82, 2.24) is 5.32 Å². The molecule has 0 aliphatic carbocycles. The van der Waals surface area contributed by atoms with Crippen molar-refractivity contribution in [2.45, 2.75) is 38.9 Å². The summed E-state index contributed by atoms with van der Waals surface area (Å²) in [6, 6.07) is 8.65. The van der Waals surface area contributed by atoms with Gasteiger partial charge in [-0.15, -0.1) is 0 Å². The Labute approximate surface area is 157 Å². The van der Waals surface area contributed by atoms with E-state index in [-0.39, 0.29) is 18.3 Å². The monoisotopic (exact) mass is 360 g/mol. The highest BCUT2D eigenvalue weighted by Crippen LogP contribution is 2.39. The average molecular weight is 360 g/mol. The predicted octanol–water partition coefficient (Wildman–Crippen LogP) is 3.04. The number of anilines is 1. The topological polar surface area (TPSA) is 33.7 Å². The SMILES string of the molecule is CC1(C)OB(C(=Cc2cccc(N3CCNCC3)c2)CS)OC1(C)C. The van der Waals surface area contributed by atoms with Crippen LogP contribution in [0, 0.1) is 0 Å². The van der Waals surface area contributed by atoms with Gasteiger partial charge in [0.2, 0.25) is 0 Å². The number of hydrogen-bond donors (Lipinski definition) is 2. The van der Waals surface area contributed by atoms with Gasteiger partial charge in [0.25, 0.3) is 0 Å². The van der Waals surface area contributed by atoms with Crippen molar-refractivity contribution in [2.24, 2.45) is 0 Å². The molecule has 2 heterocycles. The van der Waals surface area contributed by atoms with Crippen molar-refractivity contribution in [1.29, 1.82) is 0 Å². The molecule has 0 aromatic heterocycles. The van der Waals surface area contributed by atoms with Gasteiger partial charge in [-0.2, -0.15) is 12.6 Å². The molecule has 3 rings (SSSR count). The molecule has 0 bridgehead atoms. The van der Waals surface area contributed by atoms with Gasteiger partial charge in [-0.25, -0.2) is 0 Å². The third kappa shape index (κ3) is 4.08. The average Bonchev–Trinajstić information content (AvgIpc) is 2.81. The lowest BCUT2D eigenvalue weighted by Crippen LogP contribution is -2.43. The number of rotatable bonds is 4. The van der Waals surface area contributed by atoms with Gasteiger partial charge in [0.15, 0.2) is 0 Å². The Hall–Kier alpha value is -0.945. The Morgan fingerprint density at radius 1 is 1.20 bits per heavy atom. The lowest BCUT2D eigenvalue weighted by molar-refractivity contribution is 0.00578. The molecular weight excluding hydrogens is 331 g/mol. The maximum Gasteiger partial charge on any atom is 0.491 e. The first-order valence-electron chi connectivity index (χ1n) is 9.05. The lowest BCUT2D eigenvalue weighted by Gasteiger charge is -2.32. The first kappa shape index (κ1) is 18.8. The molecule has 0 spiro atoms. The van der Waals surface area contributed by atoms with Crippen LogP contribution in [-0.2, 0) is 9.31 Å². The van der Waals surface area contributed by atoms with Gasteiger partial charge >= 0.3 is 7.12 Å². The van der Waals surface area contributed by atoms with Crippen LogP contribution in [0.15, 0.2) is 29.7 Å². The van der Waals surface area contributed by atoms with Gasteiger partial charge in [-0.1, -0.05) is 18.2 Å². The normalized spacial score (nSPS) is 23.2. The smallest absolute Gasteiger partial charge is 0.400 e. The van der Waals surface area contributed by atoms with E-state index in [2.05, 4.69) is 80.9 Å². The highest BCUT2D eigenvalue weighted by Gasteiger charge is 2.52. The van der Waals surface area contributed by atoms with E-state index in [0.717, 1.165) is 37.2 Å². The molecule has 136 valence electrons. The Kier molecular flexibility index (Phi) is 5.54. The minimum atomic E-state index is -0.342. The molecule has 2 aliphatic heterocycles. The number of thiol groups is 1. The van der Waals surface area contributed by atoms with Crippen LogP contribution in [0.5, 0.6) is 0 Å². The predicted molar refractivity (Wildman–Crippen MR) is 109 cm³/mol. The van der Waals surface area contributed by atoms with Crippen molar-refractivity contribution in [3.8, 4) is 0 Å². The second-order valence-electron chi connectivity index (χ2n) is 7.80. The molecule has 6 heteroatoms. The number of benzene rings is 1. The maximum atomic E-state index is 6.18. The van der Waals surface area contributed by atoms with Crippen molar-refractivity contribution >= 4 is 31.5 Å². The van der Waals surface area contributed by atoms with Crippen LogP contribution in [0.4, 0.5) is 5.69 Å². The zero-order chi connectivity index (χ0) is 18.1. The summed E-state index contributed by atoms with van der Waals surface area (Å²) in [5.74, 6) is 0.606. The van der Waals surface area contributed by atoms with E-state index < -0.39 is 0 Å². The van der Waals surface area contributed by atoms with E-state index in [1.165, 1.54) is 5.69 Å². The molecule has 2 saturated heterocycles. The van der Waals surface area contributed by atoms with Crippen molar-refractivity contribution < 1.29 is 9.31 Å². The van der Waals surface area contributed by atoms with Crippen LogP contribution < -0.4 is 10.2 Å². The summed E-state index contributed by atoms with van der Waals surface area (Å²) in [4.78, 5) is 2.42. The number of hydrogen-bond acceptors (Lipinski definition) is 5. The molecular formula is C19H29BN2O2S. The minimum absolute atomic E-state index is 0.331. The molecule has 2 fully saturated rings. The van der Waals surface area contributed by atoms with Crippen LogP contribution in [0.1, 0.15) is 33.3 Å². The molecule has 0 amide bonds. The van der Waals surface area contributed by atoms with Crippen molar-refractivity contribution in [3.63, 3.8) is 0 Å². The summed E-state index contributed by atoms with van der Waals surface area (Å²) in [5.41, 5.74) is 2.82. The van der Waals surface area contributed by atoms with Crippen LogP contribution in [0.2, 0.25) is 0 Å². The third-order valence-electron chi connectivity index (χ3n) is 5.44. The summed E-state index contributed by atoms with van der Waals surface area (Å²) in [7, 11) is -0.342. The van der Waals surface area contributed by atoms with Crippen LogP contribution >= 0.6 is 12.6 Å². The largest absolute Gasteiger partial charge is 0.491 e. The molecule has 25 heavy (non-hydrogen) atoms. The summed E-state index contributed by atoms with van der Waals surface area (Å²) in [6.45, 7) is 12.5. The fourth-order valence-corrected chi connectivity index (χ4v) is 3.37. The second kappa shape index (κ2) is 7.35. The summed E-state index contributed by atoms with van der Waals surface area (Å²) >= 11 is 4.52. The Balaban J connectivity index is 1.81. The fraction of sp³-hybridized carbons (Fsp3) is 0.579. The van der Waals surface area contributed by atoms with Crippen LogP contribution in [0.25, 0.3) is 6.08 Å². The summed E-state index contributed by atoms with van der Waals surface area (Å²) < 4.78 is 12.4. The van der Waals surface area contributed by atoms with Crippen LogP contribution in [-0.4, -0.2) is 50.3 Å². The molecule has 0 saturated carbocycles. The van der Waals surface area contributed by atoms with E-state index in [1.54, 1.807) is 0 Å². The Morgan fingerprint density at radius 3 is 2.44 bits per heavy atom. The first-order valence-corrected chi connectivity index (χ1v) is 9.68. The Bertz CT molecular complexity index is 626.